The van der Waals surface area contributed by atoms with E-state index in [4.69, 9.17) is 0 Å². The summed E-state index contributed by atoms with van der Waals surface area (Å²) in [6.07, 6.45) is 3.90. The van der Waals surface area contributed by atoms with Gasteiger partial charge in [0.25, 0.3) is 0 Å². The highest BCUT2D eigenvalue weighted by atomic mass is 32.1. The van der Waals surface area contributed by atoms with Crippen LogP contribution in [0.3, 0.4) is 0 Å². The van der Waals surface area contributed by atoms with Crippen LogP contribution in [0.4, 0.5) is 4.79 Å². The number of hydrogen-bond acceptors (Lipinski definition) is 4. The molecule has 6 heteroatoms. The first kappa shape index (κ1) is 14.3. The highest BCUT2D eigenvalue weighted by Crippen LogP contribution is 2.34. The van der Waals surface area contributed by atoms with Crippen molar-refractivity contribution < 1.29 is 14.4 Å². The number of carbonyl (C=O) groups excluding carboxylic acids is 3. The van der Waals surface area contributed by atoms with E-state index in [-0.39, 0.29) is 18.4 Å². The van der Waals surface area contributed by atoms with E-state index in [2.05, 4.69) is 5.32 Å². The Morgan fingerprint density at radius 2 is 2.00 bits per heavy atom. The van der Waals surface area contributed by atoms with Crippen molar-refractivity contribution in [3.63, 3.8) is 0 Å². The Labute approximate surface area is 127 Å². The van der Waals surface area contributed by atoms with Crippen LogP contribution in [-0.2, 0) is 16.1 Å². The van der Waals surface area contributed by atoms with Crippen LogP contribution < -0.4 is 5.32 Å². The zero-order valence-electron chi connectivity index (χ0n) is 11.9. The molecule has 1 N–H and O–H groups in total. The number of imide groups is 2. The van der Waals surface area contributed by atoms with Gasteiger partial charge < -0.3 is 0 Å². The SMILES string of the molecule is Cc1ccsc1CN1C(=O)NC(=O)C(C2CCCC2)C1=O. The van der Waals surface area contributed by atoms with Gasteiger partial charge in [0, 0.05) is 4.88 Å². The van der Waals surface area contributed by atoms with E-state index >= 15 is 0 Å². The number of carbonyl (C=O) groups is 3. The van der Waals surface area contributed by atoms with Crippen molar-refractivity contribution in [3.05, 3.63) is 21.9 Å². The molecule has 1 unspecified atom stereocenters. The van der Waals surface area contributed by atoms with Crippen LogP contribution in [-0.4, -0.2) is 22.7 Å². The van der Waals surface area contributed by atoms with Crippen molar-refractivity contribution in [2.24, 2.45) is 11.8 Å². The minimum Gasteiger partial charge on any atom is -0.277 e. The predicted octanol–water partition coefficient (Wildman–Crippen LogP) is 2.44. The zero-order chi connectivity index (χ0) is 15.0. The topological polar surface area (TPSA) is 66.5 Å². The summed E-state index contributed by atoms with van der Waals surface area (Å²) in [4.78, 5) is 38.8. The van der Waals surface area contributed by atoms with Gasteiger partial charge in [-0.1, -0.05) is 12.8 Å². The second-order valence-corrected chi connectivity index (χ2v) is 6.77. The van der Waals surface area contributed by atoms with Gasteiger partial charge in [0.1, 0.15) is 5.92 Å². The fourth-order valence-electron chi connectivity index (χ4n) is 3.20. The van der Waals surface area contributed by atoms with Crippen molar-refractivity contribution in [1.29, 1.82) is 0 Å². The Hall–Kier alpha value is -1.69. The first-order valence-corrected chi connectivity index (χ1v) is 8.15. The van der Waals surface area contributed by atoms with Gasteiger partial charge >= 0.3 is 6.03 Å². The van der Waals surface area contributed by atoms with Gasteiger partial charge in [-0.3, -0.25) is 19.8 Å². The minimum atomic E-state index is -0.689. The Morgan fingerprint density at radius 1 is 1.29 bits per heavy atom. The van der Waals surface area contributed by atoms with E-state index < -0.39 is 17.9 Å². The molecule has 1 saturated carbocycles. The second kappa shape index (κ2) is 5.60. The molecular formula is C15H18N2O3S. The highest BCUT2D eigenvalue weighted by Gasteiger charge is 2.45. The smallest absolute Gasteiger partial charge is 0.277 e. The van der Waals surface area contributed by atoms with Crippen molar-refractivity contribution >= 4 is 29.2 Å². The van der Waals surface area contributed by atoms with E-state index in [1.54, 1.807) is 0 Å². The van der Waals surface area contributed by atoms with E-state index in [1.807, 2.05) is 18.4 Å². The maximum Gasteiger partial charge on any atom is 0.331 e. The molecule has 1 atom stereocenters. The third-order valence-corrected chi connectivity index (χ3v) is 5.44. The Bertz CT molecular complexity index is 589. The third kappa shape index (κ3) is 2.60. The summed E-state index contributed by atoms with van der Waals surface area (Å²) in [6, 6.07) is 1.37. The van der Waals surface area contributed by atoms with Crippen LogP contribution in [0.5, 0.6) is 0 Å². The molecule has 5 nitrogen and oxygen atoms in total. The molecule has 112 valence electrons. The Kier molecular flexibility index (Phi) is 3.80. The predicted molar refractivity (Wildman–Crippen MR) is 78.6 cm³/mol. The average molecular weight is 306 g/mol. The lowest BCUT2D eigenvalue weighted by molar-refractivity contribution is -0.145. The zero-order valence-corrected chi connectivity index (χ0v) is 12.7. The normalized spacial score (nSPS) is 23.8. The lowest BCUT2D eigenvalue weighted by Crippen LogP contribution is -2.58. The van der Waals surface area contributed by atoms with E-state index in [0.29, 0.717) is 0 Å². The molecule has 1 aliphatic carbocycles. The fraction of sp³-hybridized carbons (Fsp3) is 0.533. The summed E-state index contributed by atoms with van der Waals surface area (Å²) >= 11 is 1.52. The molecule has 1 saturated heterocycles. The number of nitrogens with one attached hydrogen (secondary N) is 1. The number of amides is 4. The molecule has 2 fully saturated rings. The van der Waals surface area contributed by atoms with Gasteiger partial charge in [0.15, 0.2) is 0 Å². The molecule has 3 rings (SSSR count). The number of rotatable bonds is 3. The van der Waals surface area contributed by atoms with Crippen LogP contribution in [0.2, 0.25) is 0 Å². The van der Waals surface area contributed by atoms with Crippen LogP contribution >= 0.6 is 11.3 Å². The number of barbiturate groups is 1. The van der Waals surface area contributed by atoms with Gasteiger partial charge in [-0.05, 0) is 42.7 Å². The monoisotopic (exact) mass is 306 g/mol. The summed E-state index contributed by atoms with van der Waals surface area (Å²) in [6.45, 7) is 2.21. The maximum atomic E-state index is 12.6. The molecule has 0 aromatic carbocycles. The van der Waals surface area contributed by atoms with Gasteiger partial charge in [-0.25, -0.2) is 4.79 Å². The van der Waals surface area contributed by atoms with Crippen molar-refractivity contribution in [2.45, 2.75) is 39.2 Å². The first-order valence-electron chi connectivity index (χ1n) is 7.27. The molecule has 1 aromatic rings. The average Bonchev–Trinajstić information content (AvgIpc) is 3.07. The summed E-state index contributed by atoms with van der Waals surface area (Å²) in [7, 11) is 0. The largest absolute Gasteiger partial charge is 0.331 e. The quantitative estimate of drug-likeness (QED) is 0.872. The van der Waals surface area contributed by atoms with Gasteiger partial charge in [-0.15, -0.1) is 11.3 Å². The highest BCUT2D eigenvalue weighted by molar-refractivity contribution is 7.10. The molecule has 21 heavy (non-hydrogen) atoms. The van der Waals surface area contributed by atoms with Gasteiger partial charge in [0.2, 0.25) is 11.8 Å². The Balaban J connectivity index is 1.82. The molecular weight excluding hydrogens is 288 g/mol. The standard InChI is InChI=1S/C15H18N2O3S/c1-9-6-7-21-11(9)8-17-14(19)12(10-4-2-3-5-10)13(18)16-15(17)20/h6-7,10,12H,2-5,8H2,1H3,(H,16,18,20). The van der Waals surface area contributed by atoms with Crippen LogP contribution in [0.1, 0.15) is 36.1 Å². The number of urea groups is 1. The van der Waals surface area contributed by atoms with Crippen LogP contribution in [0.15, 0.2) is 11.4 Å². The first-order chi connectivity index (χ1) is 10.1. The maximum absolute atomic E-state index is 12.6. The lowest BCUT2D eigenvalue weighted by atomic mass is 9.87. The molecule has 0 radical (unpaired) electrons. The molecule has 1 aromatic heterocycles. The van der Waals surface area contributed by atoms with E-state index in [9.17, 15) is 14.4 Å². The number of thiophene rings is 1. The summed E-state index contributed by atoms with van der Waals surface area (Å²) in [5.74, 6) is -1.36. The molecule has 0 spiro atoms. The second-order valence-electron chi connectivity index (χ2n) is 5.77. The van der Waals surface area contributed by atoms with Gasteiger partial charge in [0.05, 0.1) is 6.54 Å². The number of nitrogens with zero attached hydrogens (tertiary/aromatic N) is 1. The molecule has 4 amide bonds. The summed E-state index contributed by atoms with van der Waals surface area (Å²) < 4.78 is 0. The van der Waals surface area contributed by atoms with Crippen LogP contribution in [0, 0.1) is 18.8 Å². The minimum absolute atomic E-state index is 0.0810. The fourth-order valence-corrected chi connectivity index (χ4v) is 4.09. The van der Waals surface area contributed by atoms with Crippen molar-refractivity contribution in [3.8, 4) is 0 Å². The van der Waals surface area contributed by atoms with Crippen molar-refractivity contribution in [1.82, 2.24) is 10.2 Å². The van der Waals surface area contributed by atoms with Gasteiger partial charge in [-0.2, -0.15) is 0 Å². The van der Waals surface area contributed by atoms with E-state index in [1.165, 1.54) is 16.2 Å². The molecule has 2 aliphatic rings. The van der Waals surface area contributed by atoms with E-state index in [0.717, 1.165) is 36.1 Å². The molecule has 2 heterocycles. The molecule has 0 bridgehead atoms. The summed E-state index contributed by atoms with van der Waals surface area (Å²) in [5, 5.41) is 4.29. The third-order valence-electron chi connectivity index (χ3n) is 4.43. The Morgan fingerprint density at radius 3 is 2.62 bits per heavy atom. The number of aryl methyl sites for hydroxylation is 1. The van der Waals surface area contributed by atoms with Crippen LogP contribution in [0.25, 0.3) is 0 Å². The van der Waals surface area contributed by atoms with Crippen molar-refractivity contribution in [2.75, 3.05) is 0 Å². The molecule has 1 aliphatic heterocycles. The number of hydrogen-bond donors (Lipinski definition) is 1. The lowest BCUT2D eigenvalue weighted by Gasteiger charge is -2.32. The summed E-state index contributed by atoms with van der Waals surface area (Å²) in [5.41, 5.74) is 1.06.